The van der Waals surface area contributed by atoms with Crippen molar-refractivity contribution in [1.29, 1.82) is 0 Å². The molecule has 1 amide bonds. The molecule has 5 heteroatoms. The average Bonchev–Trinajstić information content (AvgIpc) is 2.60. The van der Waals surface area contributed by atoms with Crippen LogP contribution in [0.2, 0.25) is 0 Å². The minimum absolute atomic E-state index is 0.0734. The summed E-state index contributed by atoms with van der Waals surface area (Å²) < 4.78 is 26.5. The van der Waals surface area contributed by atoms with Crippen LogP contribution in [0.25, 0.3) is 11.1 Å². The number of benzene rings is 2. The van der Waals surface area contributed by atoms with Crippen LogP contribution < -0.4 is 10.5 Å². The van der Waals surface area contributed by atoms with Crippen LogP contribution in [0.4, 0.5) is 9.18 Å². The molecule has 4 nitrogen and oxygen atoms in total. The summed E-state index contributed by atoms with van der Waals surface area (Å²) in [6, 6.07) is 7.30. The van der Waals surface area contributed by atoms with Gasteiger partial charge in [0.15, 0.2) is 0 Å². The number of hydrogen-bond donors (Lipinski definition) is 1. The number of hydrogen-bond acceptors (Lipinski definition) is 3. The van der Waals surface area contributed by atoms with E-state index in [2.05, 4.69) is 0 Å². The molecule has 0 aliphatic heterocycles. The fourth-order valence-electron chi connectivity index (χ4n) is 4.19. The Bertz CT molecular complexity index is 926. The van der Waals surface area contributed by atoms with Gasteiger partial charge in [-0.05, 0) is 92.6 Å². The van der Waals surface area contributed by atoms with Crippen molar-refractivity contribution < 1.29 is 18.7 Å². The molecule has 3 rings (SSSR count). The van der Waals surface area contributed by atoms with Gasteiger partial charge in [0.05, 0.1) is 6.10 Å². The number of ether oxygens (including phenoxy) is 2. The van der Waals surface area contributed by atoms with Gasteiger partial charge < -0.3 is 15.2 Å². The highest BCUT2D eigenvalue weighted by molar-refractivity contribution is 5.70. The third-order valence-electron chi connectivity index (χ3n) is 5.62. The van der Waals surface area contributed by atoms with E-state index in [0.29, 0.717) is 11.1 Å². The first-order chi connectivity index (χ1) is 13.5. The molecule has 0 heterocycles. The van der Waals surface area contributed by atoms with Crippen LogP contribution in [-0.4, -0.2) is 12.2 Å². The Kier molecular flexibility index (Phi) is 5.61. The maximum Gasteiger partial charge on any atom is 0.405 e. The molecule has 0 unspecified atom stereocenters. The molecule has 1 atom stereocenters. The number of amides is 1. The Morgan fingerprint density at radius 2 is 1.79 bits per heavy atom. The van der Waals surface area contributed by atoms with Crippen LogP contribution in [0.5, 0.6) is 5.75 Å². The number of carbonyl (C=O) groups is 1. The van der Waals surface area contributed by atoms with Crippen molar-refractivity contribution in [3.8, 4) is 16.9 Å². The van der Waals surface area contributed by atoms with Gasteiger partial charge in [-0.15, -0.1) is 0 Å². The average molecular weight is 400 g/mol. The number of halogens is 1. The first-order valence-electron chi connectivity index (χ1n) is 10.1. The smallest absolute Gasteiger partial charge is 0.405 e. The van der Waals surface area contributed by atoms with Crippen molar-refractivity contribution in [3.05, 3.63) is 52.3 Å². The highest BCUT2D eigenvalue weighted by atomic mass is 19.1. The Hall–Kier alpha value is -2.56. The molecule has 0 radical (unpaired) electrons. The Balaban J connectivity index is 2.07. The zero-order valence-electron chi connectivity index (χ0n) is 18.1. The molecular formula is C24H30FNO3. The quantitative estimate of drug-likeness (QED) is 0.685. The van der Waals surface area contributed by atoms with Crippen LogP contribution >= 0.6 is 0 Å². The molecule has 0 spiro atoms. The number of aryl methyl sites for hydroxylation is 3. The molecule has 0 fully saturated rings. The molecule has 0 saturated carbocycles. The summed E-state index contributed by atoms with van der Waals surface area (Å²) in [5.41, 5.74) is 9.97. The summed E-state index contributed by atoms with van der Waals surface area (Å²) in [6.45, 7) is 11.9. The van der Waals surface area contributed by atoms with Crippen LogP contribution in [0.1, 0.15) is 62.5 Å². The number of primary amides is 1. The Morgan fingerprint density at radius 3 is 2.34 bits per heavy atom. The second-order valence-corrected chi connectivity index (χ2v) is 8.94. The van der Waals surface area contributed by atoms with Crippen LogP contribution in [0.15, 0.2) is 24.3 Å². The summed E-state index contributed by atoms with van der Waals surface area (Å²) in [5, 5.41) is 0. The number of carbonyl (C=O) groups excluding carboxylic acids is 1. The molecule has 1 aliphatic carbocycles. The van der Waals surface area contributed by atoms with Gasteiger partial charge in [-0.3, -0.25) is 0 Å². The molecule has 2 aromatic carbocycles. The molecule has 0 bridgehead atoms. The minimum atomic E-state index is -0.840. The van der Waals surface area contributed by atoms with E-state index < -0.39 is 12.2 Å². The number of fused-ring (bicyclic) bond motifs is 1. The molecule has 156 valence electrons. The zero-order chi connectivity index (χ0) is 21.5. The summed E-state index contributed by atoms with van der Waals surface area (Å²) in [4.78, 5) is 11.4. The lowest BCUT2D eigenvalue weighted by molar-refractivity contribution is 0.0145. The number of rotatable bonds is 4. The van der Waals surface area contributed by atoms with E-state index in [9.17, 15) is 4.79 Å². The Labute approximate surface area is 172 Å². The van der Waals surface area contributed by atoms with E-state index in [4.69, 9.17) is 15.2 Å². The SMILES string of the molecule is Cc1cc(-c2cc3c(cc2F)[C@H](OC(N)=O)C(C)(C)CC3)cc(C)c1OC(C)C. The standard InChI is InChI=1S/C24H30FNO3/c1-13(2)28-21-14(3)9-17(10-15(21)4)18-11-16-7-8-24(5,6)22(29-23(26)27)19(16)12-20(18)25/h9-13,22H,7-8H2,1-6H3,(H2,26,27)/t22-/m0/s1. The van der Waals surface area contributed by atoms with Gasteiger partial charge in [0, 0.05) is 11.0 Å². The molecule has 0 saturated heterocycles. The van der Waals surface area contributed by atoms with Crippen LogP contribution in [-0.2, 0) is 11.2 Å². The summed E-state index contributed by atoms with van der Waals surface area (Å²) in [6.07, 6.45) is 0.289. The van der Waals surface area contributed by atoms with Gasteiger partial charge in [-0.2, -0.15) is 0 Å². The van der Waals surface area contributed by atoms with E-state index in [-0.39, 0.29) is 17.3 Å². The fraction of sp³-hybridized carbons (Fsp3) is 0.458. The largest absolute Gasteiger partial charge is 0.490 e. The second kappa shape index (κ2) is 7.69. The van der Waals surface area contributed by atoms with Gasteiger partial charge in [0.2, 0.25) is 0 Å². The highest BCUT2D eigenvalue weighted by Crippen LogP contribution is 2.47. The van der Waals surface area contributed by atoms with E-state index in [1.807, 2.05) is 59.7 Å². The fourth-order valence-corrected chi connectivity index (χ4v) is 4.19. The Morgan fingerprint density at radius 1 is 1.17 bits per heavy atom. The van der Waals surface area contributed by atoms with Gasteiger partial charge in [-0.1, -0.05) is 13.8 Å². The normalized spacial score (nSPS) is 17.7. The molecular weight excluding hydrogens is 369 g/mol. The predicted octanol–water partition coefficient (Wildman–Crippen LogP) is 6.01. The maximum atomic E-state index is 15.2. The summed E-state index contributed by atoms with van der Waals surface area (Å²) in [5.74, 6) is 0.509. The topological polar surface area (TPSA) is 61.5 Å². The lowest BCUT2D eigenvalue weighted by Crippen LogP contribution is -2.33. The highest BCUT2D eigenvalue weighted by Gasteiger charge is 2.39. The van der Waals surface area contributed by atoms with Gasteiger partial charge >= 0.3 is 6.09 Å². The van der Waals surface area contributed by atoms with Crippen molar-refractivity contribution in [1.82, 2.24) is 0 Å². The van der Waals surface area contributed by atoms with Crippen LogP contribution in [0, 0.1) is 25.1 Å². The van der Waals surface area contributed by atoms with Crippen molar-refractivity contribution in [3.63, 3.8) is 0 Å². The summed E-state index contributed by atoms with van der Waals surface area (Å²) >= 11 is 0. The van der Waals surface area contributed by atoms with Gasteiger partial charge in [-0.25, -0.2) is 9.18 Å². The monoisotopic (exact) mass is 399 g/mol. The van der Waals surface area contributed by atoms with E-state index >= 15 is 4.39 Å². The van der Waals surface area contributed by atoms with E-state index in [1.165, 1.54) is 6.07 Å². The van der Waals surface area contributed by atoms with Crippen molar-refractivity contribution >= 4 is 6.09 Å². The molecule has 29 heavy (non-hydrogen) atoms. The predicted molar refractivity (Wildman–Crippen MR) is 113 cm³/mol. The van der Waals surface area contributed by atoms with E-state index in [0.717, 1.165) is 40.8 Å². The van der Waals surface area contributed by atoms with Gasteiger partial charge in [0.25, 0.3) is 0 Å². The lowest BCUT2D eigenvalue weighted by atomic mass is 9.71. The van der Waals surface area contributed by atoms with Crippen molar-refractivity contribution in [2.24, 2.45) is 11.1 Å². The molecule has 2 N–H and O–H groups in total. The van der Waals surface area contributed by atoms with Gasteiger partial charge in [0.1, 0.15) is 17.7 Å². The molecule has 2 aromatic rings. The third-order valence-corrected chi connectivity index (χ3v) is 5.62. The van der Waals surface area contributed by atoms with Crippen molar-refractivity contribution in [2.75, 3.05) is 0 Å². The zero-order valence-corrected chi connectivity index (χ0v) is 18.1. The van der Waals surface area contributed by atoms with Crippen molar-refractivity contribution in [2.45, 2.75) is 66.6 Å². The second-order valence-electron chi connectivity index (χ2n) is 8.94. The van der Waals surface area contributed by atoms with E-state index in [1.54, 1.807) is 0 Å². The van der Waals surface area contributed by atoms with Crippen LogP contribution in [0.3, 0.4) is 0 Å². The third kappa shape index (κ3) is 4.24. The summed E-state index contributed by atoms with van der Waals surface area (Å²) in [7, 11) is 0. The minimum Gasteiger partial charge on any atom is -0.490 e. The first-order valence-corrected chi connectivity index (χ1v) is 10.1. The number of nitrogens with two attached hydrogens (primary N) is 1. The lowest BCUT2D eigenvalue weighted by Gasteiger charge is -2.39. The first kappa shape index (κ1) is 21.2. The maximum absolute atomic E-state index is 15.2. The molecule has 1 aliphatic rings. The molecule has 0 aromatic heterocycles.